The zero-order chi connectivity index (χ0) is 8.81. The first-order valence-electron chi connectivity index (χ1n) is 3.49. The Bertz CT molecular complexity index is 260. The van der Waals surface area contributed by atoms with Crippen LogP contribution in [0, 0.1) is 0 Å². The van der Waals surface area contributed by atoms with Crippen LogP contribution in [0.2, 0.25) is 0 Å². The predicted molar refractivity (Wildman–Crippen MR) is 49.4 cm³/mol. The summed E-state index contributed by atoms with van der Waals surface area (Å²) in [4.78, 5) is 11.0. The van der Waals surface area contributed by atoms with E-state index in [-0.39, 0.29) is 6.61 Å². The Kier molecular flexibility index (Phi) is 3.67. The highest BCUT2D eigenvalue weighted by molar-refractivity contribution is 7.98. The van der Waals surface area contributed by atoms with Gasteiger partial charge in [-0.1, -0.05) is 12.1 Å². The fourth-order valence-electron chi connectivity index (χ4n) is 0.845. The summed E-state index contributed by atoms with van der Waals surface area (Å²) < 4.78 is 5.13. The molecule has 0 aliphatic rings. The van der Waals surface area contributed by atoms with Gasteiger partial charge in [0.1, 0.15) is 5.75 Å². The van der Waals surface area contributed by atoms with E-state index in [0.717, 1.165) is 10.6 Å². The van der Waals surface area contributed by atoms with Crippen LogP contribution in [-0.4, -0.2) is 19.1 Å². The Balaban J connectivity index is 2.74. The van der Waals surface area contributed by atoms with Gasteiger partial charge in [0.2, 0.25) is 6.29 Å². The van der Waals surface area contributed by atoms with Crippen molar-refractivity contribution in [1.82, 2.24) is 0 Å². The maximum Gasteiger partial charge on any atom is 0.239 e. The van der Waals surface area contributed by atoms with Gasteiger partial charge in [0.05, 0.1) is 0 Å². The lowest BCUT2D eigenvalue weighted by atomic mass is 10.3. The lowest BCUT2D eigenvalue weighted by molar-refractivity contribution is 0.357. The van der Waals surface area contributed by atoms with Crippen molar-refractivity contribution in [2.24, 2.45) is 0 Å². The minimum absolute atomic E-state index is 0.00241. The van der Waals surface area contributed by atoms with E-state index < -0.39 is 0 Å². The highest BCUT2D eigenvalue weighted by atomic mass is 32.2. The van der Waals surface area contributed by atoms with E-state index in [1.807, 2.05) is 30.5 Å². The van der Waals surface area contributed by atoms with Gasteiger partial charge < -0.3 is 4.74 Å². The highest BCUT2D eigenvalue weighted by Crippen LogP contribution is 2.26. The minimum Gasteiger partial charge on any atom is -0.484 e. The molecule has 0 bridgehead atoms. The molecule has 3 heteroatoms. The molecular weight excluding hydrogens is 172 g/mol. The molecule has 0 N–H and O–H groups in total. The molecule has 0 atom stereocenters. The molecule has 12 heavy (non-hydrogen) atoms. The lowest BCUT2D eigenvalue weighted by Gasteiger charge is -2.05. The molecule has 63 valence electrons. The van der Waals surface area contributed by atoms with Crippen molar-refractivity contribution in [2.75, 3.05) is 12.9 Å². The fraction of sp³-hybridized carbons (Fsp3) is 0.222. The third-order valence-corrected chi connectivity index (χ3v) is 2.13. The third-order valence-electron chi connectivity index (χ3n) is 1.36. The van der Waals surface area contributed by atoms with Crippen molar-refractivity contribution in [1.29, 1.82) is 0 Å². The molecule has 1 radical (unpaired) electrons. The number of thioether (sulfide) groups is 1. The van der Waals surface area contributed by atoms with Crippen molar-refractivity contribution >= 4 is 18.0 Å². The second-order valence-corrected chi connectivity index (χ2v) is 2.93. The Hall–Kier alpha value is -0.960. The fourth-order valence-corrected chi connectivity index (χ4v) is 1.39. The molecule has 0 saturated carbocycles. The van der Waals surface area contributed by atoms with Gasteiger partial charge in [0.15, 0.2) is 6.61 Å². The Morgan fingerprint density at radius 3 is 2.92 bits per heavy atom. The van der Waals surface area contributed by atoms with Crippen molar-refractivity contribution in [3.05, 3.63) is 24.3 Å². The van der Waals surface area contributed by atoms with Crippen LogP contribution in [0.1, 0.15) is 0 Å². The summed E-state index contributed by atoms with van der Waals surface area (Å²) >= 11 is 1.59. The lowest BCUT2D eigenvalue weighted by Crippen LogP contribution is -1.98. The summed E-state index contributed by atoms with van der Waals surface area (Å²) in [5.41, 5.74) is 0. The van der Waals surface area contributed by atoms with Crippen LogP contribution < -0.4 is 4.74 Å². The molecule has 0 aromatic heterocycles. The summed E-state index contributed by atoms with van der Waals surface area (Å²) in [5, 5.41) is 0. The first kappa shape index (κ1) is 9.13. The van der Waals surface area contributed by atoms with Gasteiger partial charge in [-0.15, -0.1) is 11.8 Å². The second-order valence-electron chi connectivity index (χ2n) is 2.08. The molecule has 0 saturated heterocycles. The molecule has 0 aliphatic carbocycles. The minimum atomic E-state index is -0.00241. The SMILES string of the molecule is CSc1ccccc1OC[C]=O. The van der Waals surface area contributed by atoms with Crippen LogP contribution in [0.25, 0.3) is 0 Å². The standard InChI is InChI=1S/C9H9O2S/c1-12-9-5-3-2-4-8(9)11-7-6-10/h2-5H,7H2,1H3. The zero-order valence-corrected chi connectivity index (χ0v) is 7.56. The van der Waals surface area contributed by atoms with Crippen molar-refractivity contribution in [3.8, 4) is 5.75 Å². The monoisotopic (exact) mass is 181 g/mol. The third kappa shape index (κ3) is 2.27. The van der Waals surface area contributed by atoms with E-state index in [2.05, 4.69) is 0 Å². The van der Waals surface area contributed by atoms with Crippen LogP contribution in [0.15, 0.2) is 29.2 Å². The largest absolute Gasteiger partial charge is 0.484 e. The summed E-state index contributed by atoms with van der Waals surface area (Å²) in [5.74, 6) is 0.744. The van der Waals surface area contributed by atoms with E-state index in [9.17, 15) is 4.79 Å². The number of benzene rings is 1. The molecule has 0 aliphatic heterocycles. The summed E-state index contributed by atoms with van der Waals surface area (Å²) in [6.07, 6.45) is 3.65. The Labute approximate surface area is 75.9 Å². The average molecular weight is 181 g/mol. The van der Waals surface area contributed by atoms with E-state index >= 15 is 0 Å². The molecule has 0 heterocycles. The maximum atomic E-state index is 9.92. The van der Waals surface area contributed by atoms with E-state index in [1.54, 1.807) is 18.0 Å². The number of carbonyl (C=O) groups excluding carboxylic acids is 1. The number of hydrogen-bond acceptors (Lipinski definition) is 3. The molecular formula is C9H9O2S. The Morgan fingerprint density at radius 1 is 1.50 bits per heavy atom. The predicted octanol–water partition coefficient (Wildman–Crippen LogP) is 1.90. The van der Waals surface area contributed by atoms with Crippen LogP contribution in [-0.2, 0) is 4.79 Å². The molecule has 0 fully saturated rings. The van der Waals surface area contributed by atoms with Gasteiger partial charge in [-0.2, -0.15) is 0 Å². The van der Waals surface area contributed by atoms with Gasteiger partial charge in [-0.3, -0.25) is 4.79 Å². The first-order chi connectivity index (χ1) is 5.88. The van der Waals surface area contributed by atoms with Gasteiger partial charge in [-0.05, 0) is 18.4 Å². The number of para-hydroxylation sites is 1. The second kappa shape index (κ2) is 4.83. The van der Waals surface area contributed by atoms with Crippen LogP contribution in [0.3, 0.4) is 0 Å². The number of ether oxygens (including phenoxy) is 1. The van der Waals surface area contributed by atoms with E-state index in [1.165, 1.54) is 0 Å². The van der Waals surface area contributed by atoms with Crippen LogP contribution in [0.4, 0.5) is 0 Å². The molecule has 1 aromatic carbocycles. The number of rotatable bonds is 4. The van der Waals surface area contributed by atoms with Crippen LogP contribution in [0.5, 0.6) is 5.75 Å². The van der Waals surface area contributed by atoms with Crippen molar-refractivity contribution < 1.29 is 9.53 Å². The average Bonchev–Trinajstić information content (AvgIpc) is 2.15. The van der Waals surface area contributed by atoms with Crippen LogP contribution >= 0.6 is 11.8 Å². The Morgan fingerprint density at radius 2 is 2.25 bits per heavy atom. The summed E-state index contributed by atoms with van der Waals surface area (Å²) in [6, 6.07) is 7.59. The van der Waals surface area contributed by atoms with Crippen molar-refractivity contribution in [2.45, 2.75) is 4.90 Å². The molecule has 1 rings (SSSR count). The topological polar surface area (TPSA) is 26.3 Å². The van der Waals surface area contributed by atoms with Gasteiger partial charge in [0.25, 0.3) is 0 Å². The van der Waals surface area contributed by atoms with E-state index in [4.69, 9.17) is 4.74 Å². The molecule has 2 nitrogen and oxygen atoms in total. The first-order valence-corrected chi connectivity index (χ1v) is 4.71. The normalized spacial score (nSPS) is 9.42. The molecule has 0 amide bonds. The quantitative estimate of drug-likeness (QED) is 0.663. The molecule has 0 unspecified atom stereocenters. The van der Waals surface area contributed by atoms with E-state index in [0.29, 0.717) is 0 Å². The molecule has 0 spiro atoms. The van der Waals surface area contributed by atoms with Gasteiger partial charge in [-0.25, -0.2) is 0 Å². The molecule has 1 aromatic rings. The number of hydrogen-bond donors (Lipinski definition) is 0. The smallest absolute Gasteiger partial charge is 0.239 e. The van der Waals surface area contributed by atoms with Crippen molar-refractivity contribution in [3.63, 3.8) is 0 Å². The highest BCUT2D eigenvalue weighted by Gasteiger charge is 1.99. The zero-order valence-electron chi connectivity index (χ0n) is 6.74. The van der Waals surface area contributed by atoms with Gasteiger partial charge >= 0.3 is 0 Å². The maximum absolute atomic E-state index is 9.92. The summed E-state index contributed by atoms with van der Waals surface area (Å²) in [7, 11) is 0. The summed E-state index contributed by atoms with van der Waals surface area (Å²) in [6.45, 7) is -0.00241. The van der Waals surface area contributed by atoms with Gasteiger partial charge in [0, 0.05) is 4.90 Å².